The van der Waals surface area contributed by atoms with Gasteiger partial charge in [0.15, 0.2) is 0 Å². The molecule has 2 rings (SSSR count). The van der Waals surface area contributed by atoms with Crippen molar-refractivity contribution in [1.82, 2.24) is 9.80 Å². The third-order valence-corrected chi connectivity index (χ3v) is 4.36. The first kappa shape index (κ1) is 19.2. The Morgan fingerprint density at radius 2 is 2.09 bits per heavy atom. The van der Waals surface area contributed by atoms with Crippen LogP contribution in [-0.2, 0) is 11.3 Å². The molecular weight excluding hydrogens is 330 g/mol. The lowest BCUT2D eigenvalue weighted by atomic mass is 10.0. The summed E-state index contributed by atoms with van der Waals surface area (Å²) in [6.45, 7) is 2.20. The standard InChI is InChI=1S/C15H20ClFN2O2.ClH/c1-18(10-15(20)21)11-5-7-19(8-6-11)9-12-13(16)3-2-4-14(12)17;/h2-4,11H,5-10H2,1H3,(H,20,21);1H. The molecule has 22 heavy (non-hydrogen) atoms. The lowest BCUT2D eigenvalue weighted by Crippen LogP contribution is -2.44. The molecule has 0 bridgehead atoms. The number of rotatable bonds is 5. The number of hydrogen-bond acceptors (Lipinski definition) is 3. The summed E-state index contributed by atoms with van der Waals surface area (Å²) >= 11 is 6.04. The van der Waals surface area contributed by atoms with Gasteiger partial charge in [-0.3, -0.25) is 14.6 Å². The Morgan fingerprint density at radius 3 is 2.64 bits per heavy atom. The van der Waals surface area contributed by atoms with E-state index in [4.69, 9.17) is 16.7 Å². The maximum absolute atomic E-state index is 13.8. The van der Waals surface area contributed by atoms with Crippen LogP contribution in [0.5, 0.6) is 0 Å². The molecule has 1 aromatic carbocycles. The monoisotopic (exact) mass is 350 g/mol. The number of carboxylic acids is 1. The molecule has 1 fully saturated rings. The van der Waals surface area contributed by atoms with E-state index in [1.807, 2.05) is 11.9 Å². The molecule has 0 atom stereocenters. The summed E-state index contributed by atoms with van der Waals surface area (Å²) in [6.07, 6.45) is 1.77. The topological polar surface area (TPSA) is 43.8 Å². The highest BCUT2D eigenvalue weighted by atomic mass is 35.5. The quantitative estimate of drug-likeness (QED) is 0.886. The fourth-order valence-electron chi connectivity index (χ4n) is 2.77. The molecule has 1 saturated heterocycles. The molecule has 0 saturated carbocycles. The zero-order valence-electron chi connectivity index (χ0n) is 12.5. The van der Waals surface area contributed by atoms with Crippen molar-refractivity contribution in [3.8, 4) is 0 Å². The summed E-state index contributed by atoms with van der Waals surface area (Å²) in [5.41, 5.74) is 0.538. The third kappa shape index (κ3) is 5.09. The summed E-state index contributed by atoms with van der Waals surface area (Å²) in [4.78, 5) is 14.8. The SMILES string of the molecule is CN(CC(=O)O)C1CCN(Cc2c(F)cccc2Cl)CC1.Cl. The number of hydrogen-bond donors (Lipinski definition) is 1. The van der Waals surface area contributed by atoms with Crippen LogP contribution in [-0.4, -0.2) is 53.6 Å². The van der Waals surface area contributed by atoms with Crippen LogP contribution in [0.25, 0.3) is 0 Å². The maximum atomic E-state index is 13.8. The fraction of sp³-hybridized carbons (Fsp3) is 0.533. The Kier molecular flexibility index (Phi) is 7.56. The molecule has 0 unspecified atom stereocenters. The van der Waals surface area contributed by atoms with Gasteiger partial charge in [0.05, 0.1) is 6.54 Å². The van der Waals surface area contributed by atoms with E-state index in [1.54, 1.807) is 12.1 Å². The highest BCUT2D eigenvalue weighted by Gasteiger charge is 2.24. The van der Waals surface area contributed by atoms with E-state index in [-0.39, 0.29) is 30.8 Å². The molecule has 124 valence electrons. The van der Waals surface area contributed by atoms with Crippen molar-refractivity contribution in [3.63, 3.8) is 0 Å². The second-order valence-electron chi connectivity index (χ2n) is 5.52. The molecule has 7 heteroatoms. The van der Waals surface area contributed by atoms with E-state index in [1.165, 1.54) is 6.07 Å². The molecule has 0 aromatic heterocycles. The van der Waals surface area contributed by atoms with Gasteiger partial charge in [-0.15, -0.1) is 12.4 Å². The Bertz CT molecular complexity index is 488. The fourth-order valence-corrected chi connectivity index (χ4v) is 2.99. The van der Waals surface area contributed by atoms with E-state index >= 15 is 0 Å². The number of aliphatic carboxylic acids is 1. The molecule has 0 radical (unpaired) electrons. The predicted octanol–water partition coefficient (Wildman–Crippen LogP) is 2.88. The van der Waals surface area contributed by atoms with Gasteiger partial charge < -0.3 is 5.11 Å². The molecule has 1 aliphatic rings. The van der Waals surface area contributed by atoms with E-state index in [9.17, 15) is 9.18 Å². The van der Waals surface area contributed by atoms with Gasteiger partial charge >= 0.3 is 5.97 Å². The molecule has 4 nitrogen and oxygen atoms in total. The molecule has 1 heterocycles. The molecule has 0 amide bonds. The van der Waals surface area contributed by atoms with Crippen LogP contribution in [0, 0.1) is 5.82 Å². The van der Waals surface area contributed by atoms with Crippen molar-refractivity contribution >= 4 is 30.0 Å². The van der Waals surface area contributed by atoms with Crippen molar-refractivity contribution in [2.75, 3.05) is 26.7 Å². The molecule has 1 aliphatic heterocycles. The smallest absolute Gasteiger partial charge is 0.317 e. The number of likely N-dealkylation sites (N-methyl/N-ethyl adjacent to an activating group) is 1. The summed E-state index contributed by atoms with van der Waals surface area (Å²) < 4.78 is 13.8. The lowest BCUT2D eigenvalue weighted by molar-refractivity contribution is -0.138. The first-order chi connectivity index (χ1) is 9.97. The normalized spacial score (nSPS) is 16.5. The van der Waals surface area contributed by atoms with Gasteiger partial charge in [-0.05, 0) is 45.1 Å². The minimum absolute atomic E-state index is 0. The van der Waals surface area contributed by atoms with Gasteiger partial charge in [0.1, 0.15) is 5.82 Å². The first-order valence-corrected chi connectivity index (χ1v) is 7.42. The molecule has 1 aromatic rings. The van der Waals surface area contributed by atoms with Crippen LogP contribution in [0.2, 0.25) is 5.02 Å². The second kappa shape index (κ2) is 8.67. The highest BCUT2D eigenvalue weighted by molar-refractivity contribution is 6.31. The van der Waals surface area contributed by atoms with Crippen molar-refractivity contribution in [3.05, 3.63) is 34.6 Å². The molecule has 0 spiro atoms. The zero-order valence-corrected chi connectivity index (χ0v) is 14.0. The first-order valence-electron chi connectivity index (χ1n) is 7.04. The minimum Gasteiger partial charge on any atom is -0.480 e. The number of nitrogens with zero attached hydrogens (tertiary/aromatic N) is 2. The maximum Gasteiger partial charge on any atom is 0.317 e. The van der Waals surface area contributed by atoms with Crippen LogP contribution in [0.3, 0.4) is 0 Å². The van der Waals surface area contributed by atoms with E-state index in [0.29, 0.717) is 17.1 Å². The number of piperidine rings is 1. The molecule has 1 N–H and O–H groups in total. The van der Waals surface area contributed by atoms with Crippen LogP contribution in [0.1, 0.15) is 18.4 Å². The van der Waals surface area contributed by atoms with Crippen LogP contribution >= 0.6 is 24.0 Å². The van der Waals surface area contributed by atoms with Crippen molar-refractivity contribution in [1.29, 1.82) is 0 Å². The van der Waals surface area contributed by atoms with Crippen LogP contribution < -0.4 is 0 Å². The Labute approximate surface area is 141 Å². The van der Waals surface area contributed by atoms with E-state index in [0.717, 1.165) is 25.9 Å². The van der Waals surface area contributed by atoms with E-state index in [2.05, 4.69) is 4.90 Å². The van der Waals surface area contributed by atoms with Crippen molar-refractivity contribution in [2.24, 2.45) is 0 Å². The Morgan fingerprint density at radius 1 is 1.45 bits per heavy atom. The Balaban J connectivity index is 0.00000242. The van der Waals surface area contributed by atoms with Crippen LogP contribution in [0.15, 0.2) is 18.2 Å². The van der Waals surface area contributed by atoms with Gasteiger partial charge in [0.25, 0.3) is 0 Å². The highest BCUT2D eigenvalue weighted by Crippen LogP contribution is 2.23. The molecule has 0 aliphatic carbocycles. The van der Waals surface area contributed by atoms with Crippen LogP contribution in [0.4, 0.5) is 4.39 Å². The van der Waals surface area contributed by atoms with Gasteiger partial charge in [-0.2, -0.15) is 0 Å². The number of halogens is 3. The summed E-state index contributed by atoms with van der Waals surface area (Å²) in [7, 11) is 1.84. The average molecular weight is 351 g/mol. The Hall–Kier alpha value is -0.880. The van der Waals surface area contributed by atoms with E-state index < -0.39 is 5.97 Å². The molecular formula is C15H21Cl2FN2O2. The lowest BCUT2D eigenvalue weighted by Gasteiger charge is -2.36. The predicted molar refractivity (Wildman–Crippen MR) is 87.2 cm³/mol. The van der Waals surface area contributed by atoms with Gasteiger partial charge in [-0.25, -0.2) is 4.39 Å². The number of likely N-dealkylation sites (tertiary alicyclic amines) is 1. The number of benzene rings is 1. The zero-order chi connectivity index (χ0) is 15.4. The summed E-state index contributed by atoms with van der Waals surface area (Å²) in [5.74, 6) is -1.08. The van der Waals surface area contributed by atoms with Crippen molar-refractivity contribution < 1.29 is 14.3 Å². The largest absolute Gasteiger partial charge is 0.480 e. The second-order valence-corrected chi connectivity index (χ2v) is 5.92. The average Bonchev–Trinajstić information content (AvgIpc) is 2.43. The number of carboxylic acid groups (broad SMARTS) is 1. The summed E-state index contributed by atoms with van der Waals surface area (Å²) in [6, 6.07) is 5.00. The third-order valence-electron chi connectivity index (χ3n) is 4.01. The van der Waals surface area contributed by atoms with Gasteiger partial charge in [0, 0.05) is 23.2 Å². The minimum atomic E-state index is -0.807. The van der Waals surface area contributed by atoms with Gasteiger partial charge in [0.2, 0.25) is 0 Å². The summed E-state index contributed by atoms with van der Waals surface area (Å²) in [5, 5.41) is 9.27. The van der Waals surface area contributed by atoms with Crippen molar-refractivity contribution in [2.45, 2.75) is 25.4 Å². The van der Waals surface area contributed by atoms with Gasteiger partial charge in [-0.1, -0.05) is 17.7 Å². The number of carbonyl (C=O) groups is 1.